The molecule has 0 atom stereocenters. The van der Waals surface area contributed by atoms with Gasteiger partial charge >= 0.3 is 0 Å². The third kappa shape index (κ3) is 5.28. The second kappa shape index (κ2) is 10.00. The van der Waals surface area contributed by atoms with Gasteiger partial charge in [0.05, 0.1) is 49.6 Å². The van der Waals surface area contributed by atoms with Crippen LogP contribution in [-0.4, -0.2) is 66.2 Å². The summed E-state index contributed by atoms with van der Waals surface area (Å²) in [6, 6.07) is 5.84. The number of methoxy groups -OCH3 is 1. The number of nitrogens with one attached hydrogen (secondary N) is 1. The summed E-state index contributed by atoms with van der Waals surface area (Å²) in [4.78, 5) is 7.30. The monoisotopic (exact) mass is 461 g/mol. The molecule has 1 aliphatic heterocycles. The number of morpholine rings is 1. The third-order valence-corrected chi connectivity index (χ3v) is 4.12. The van der Waals surface area contributed by atoms with Crippen molar-refractivity contribution in [1.29, 1.82) is 0 Å². The largest absolute Gasteiger partial charge is 0.506 e. The molecule has 1 saturated heterocycles. The first kappa shape index (κ1) is 8.97. The molecule has 1 aliphatic rings. The van der Waals surface area contributed by atoms with Crippen LogP contribution in [0.25, 0.3) is 10.9 Å². The number of rotatable bonds is 8. The molecular formula is C22H25ClN4O4. The van der Waals surface area contributed by atoms with Crippen molar-refractivity contribution in [3.05, 3.63) is 41.7 Å². The molecule has 0 saturated carbocycles. The van der Waals surface area contributed by atoms with Crippen LogP contribution >= 0.6 is 11.6 Å². The van der Waals surface area contributed by atoms with Gasteiger partial charge in [-0.2, -0.15) is 0 Å². The van der Waals surface area contributed by atoms with Crippen LogP contribution in [0.1, 0.15) is 29.7 Å². The minimum atomic E-state index is -4.29. The average molecular weight is 462 g/mol. The number of aromatic hydroxyl groups is 1. The lowest BCUT2D eigenvalue weighted by atomic mass is 10.2. The van der Waals surface area contributed by atoms with Gasteiger partial charge in [0.1, 0.15) is 17.9 Å². The Hall–Kier alpha value is -2.81. The smallest absolute Gasteiger partial charge is 0.162 e. The van der Waals surface area contributed by atoms with E-state index in [0.717, 1.165) is 18.5 Å². The molecule has 0 aliphatic carbocycles. The third-order valence-electron chi connectivity index (χ3n) is 3.82. The molecule has 4 rings (SSSR count). The molecule has 0 radical (unpaired) electrons. The summed E-state index contributed by atoms with van der Waals surface area (Å²) in [5.74, 6) is -1.92. The van der Waals surface area contributed by atoms with E-state index >= 15 is 0 Å². The van der Waals surface area contributed by atoms with Gasteiger partial charge in [0, 0.05) is 47.6 Å². The van der Waals surface area contributed by atoms with Crippen LogP contribution in [0.3, 0.4) is 0 Å². The van der Waals surface area contributed by atoms with Crippen LogP contribution < -0.4 is 14.8 Å². The molecule has 0 unspecified atom stereocenters. The highest BCUT2D eigenvalue weighted by Crippen LogP contribution is 2.35. The molecule has 164 valence electrons. The van der Waals surface area contributed by atoms with Gasteiger partial charge in [0.2, 0.25) is 0 Å². The summed E-state index contributed by atoms with van der Waals surface area (Å²) in [7, 11) is -3.21. The average Bonchev–Trinajstić information content (AvgIpc) is 2.88. The zero-order valence-electron chi connectivity index (χ0n) is 32.4. The van der Waals surface area contributed by atoms with Crippen molar-refractivity contribution < 1.29 is 42.6 Å². The van der Waals surface area contributed by atoms with Gasteiger partial charge in [-0.05, 0) is 30.6 Å². The Balaban J connectivity index is 1.86. The Morgan fingerprint density at radius 1 is 1.29 bits per heavy atom. The molecule has 9 heteroatoms. The van der Waals surface area contributed by atoms with Gasteiger partial charge in [-0.3, -0.25) is 4.90 Å². The Labute approximate surface area is 209 Å². The maximum atomic E-state index is 9.72. The van der Waals surface area contributed by atoms with E-state index in [9.17, 15) is 5.11 Å². The number of ether oxygens (including phenoxy) is 3. The summed E-state index contributed by atoms with van der Waals surface area (Å²) in [5, 5.41) is 12.5. The number of nitrogens with zero attached hydrogens (tertiary/aromatic N) is 3. The molecule has 2 heterocycles. The number of hydrogen-bond donors (Lipinski definition) is 2. The van der Waals surface area contributed by atoms with Crippen molar-refractivity contribution in [2.24, 2.45) is 0 Å². The topological polar surface area (TPSA) is 89.0 Å². The molecular weight excluding hydrogens is 420 g/mol. The van der Waals surface area contributed by atoms with E-state index in [1.165, 1.54) is 18.2 Å². The summed E-state index contributed by atoms with van der Waals surface area (Å²) >= 11 is 5.96. The number of phenolic OH excluding ortho intramolecular Hbond substituents is 1. The zero-order chi connectivity index (χ0) is 36.7. The second-order valence-electron chi connectivity index (χ2n) is 5.74. The first-order chi connectivity index (χ1) is 21.5. The minimum absolute atomic E-state index is 0.0259. The lowest BCUT2D eigenvalue weighted by Crippen LogP contribution is -2.37. The number of hydrogen-bond acceptors (Lipinski definition) is 8. The predicted molar refractivity (Wildman–Crippen MR) is 120 cm³/mol. The lowest BCUT2D eigenvalue weighted by Gasteiger charge is -2.26. The summed E-state index contributed by atoms with van der Waals surface area (Å²) in [6.45, 7) is -23.9. The second-order valence-corrected chi connectivity index (χ2v) is 6.14. The summed E-state index contributed by atoms with van der Waals surface area (Å²) in [6.07, 6.45) is -3.17. The van der Waals surface area contributed by atoms with Gasteiger partial charge in [-0.15, -0.1) is 0 Å². The Kier molecular flexibility index (Phi) is 2.89. The summed E-state index contributed by atoms with van der Waals surface area (Å²) < 4.78 is 152. The fraction of sp³-hybridized carbons (Fsp3) is 0.364. The first-order valence-electron chi connectivity index (χ1n) is 16.9. The van der Waals surface area contributed by atoms with Gasteiger partial charge in [-0.1, -0.05) is 11.6 Å². The van der Waals surface area contributed by atoms with E-state index in [4.69, 9.17) is 44.4 Å². The van der Waals surface area contributed by atoms with Crippen molar-refractivity contribution in [3.8, 4) is 17.2 Å². The van der Waals surface area contributed by atoms with Gasteiger partial charge in [0.15, 0.2) is 11.5 Å². The molecule has 0 spiro atoms. The fourth-order valence-electron chi connectivity index (χ4n) is 2.45. The van der Waals surface area contributed by atoms with Gasteiger partial charge in [-0.25, -0.2) is 9.97 Å². The SMILES string of the molecule is [2H]C([2H])([2H])Oc1cc2ncnc(Nc3ccc(O)c(Cl)c3)c2cc1OC([2H])([2H])C([2H])([2H])C([2H])([2H])N1C([2H])([2H])C([2H])([2H])OC([2H])([2H])C1([2H])[2H]. The number of halogens is 1. The van der Waals surface area contributed by atoms with Crippen molar-refractivity contribution in [2.75, 3.05) is 51.5 Å². The van der Waals surface area contributed by atoms with Gasteiger partial charge in [0.25, 0.3) is 0 Å². The standard InChI is InChI=1S/C22H25ClN4O4/c1-29-20-13-18-16(12-21(20)31-8-2-5-27-6-9-30-10-7-27)22(25-14-24-18)26-15-3-4-19(28)17(23)11-15/h3-4,11-14,28H,2,5-10H2,1H3,(H,24,25,26)/i1D3,2D2,5D2,6D2,7D2,8D2,9D2,10D2. The number of phenols is 1. The van der Waals surface area contributed by atoms with Crippen LogP contribution in [0.2, 0.25) is 5.02 Å². The van der Waals surface area contributed by atoms with Crippen LogP contribution in [0, 0.1) is 0 Å². The quantitative estimate of drug-likeness (QED) is 0.489. The fourth-order valence-corrected chi connectivity index (χ4v) is 2.63. The molecule has 1 aromatic heterocycles. The van der Waals surface area contributed by atoms with E-state index in [1.54, 1.807) is 0 Å². The molecule has 1 fully saturated rings. The predicted octanol–water partition coefficient (Wildman–Crippen LogP) is 3.84. The maximum absolute atomic E-state index is 9.72. The highest BCUT2D eigenvalue weighted by molar-refractivity contribution is 6.32. The van der Waals surface area contributed by atoms with Crippen LogP contribution in [0.15, 0.2) is 36.7 Å². The molecule has 2 N–H and O–H groups in total. The molecule has 3 aromatic rings. The van der Waals surface area contributed by atoms with Crippen molar-refractivity contribution in [3.63, 3.8) is 0 Å². The minimum Gasteiger partial charge on any atom is -0.506 e. The number of benzene rings is 2. The highest BCUT2D eigenvalue weighted by Gasteiger charge is 2.13. The zero-order valence-corrected chi connectivity index (χ0v) is 16.1. The Morgan fingerprint density at radius 3 is 2.97 bits per heavy atom. The van der Waals surface area contributed by atoms with E-state index in [-0.39, 0.29) is 33.2 Å². The van der Waals surface area contributed by atoms with E-state index in [2.05, 4.69) is 20.0 Å². The lowest BCUT2D eigenvalue weighted by molar-refractivity contribution is 0.0357. The van der Waals surface area contributed by atoms with Crippen molar-refractivity contribution in [1.82, 2.24) is 14.9 Å². The molecule has 0 bridgehead atoms. The van der Waals surface area contributed by atoms with Crippen molar-refractivity contribution >= 4 is 34.0 Å². The molecule has 31 heavy (non-hydrogen) atoms. The maximum Gasteiger partial charge on any atom is 0.162 e. The van der Waals surface area contributed by atoms with Crippen LogP contribution in [0.5, 0.6) is 17.2 Å². The Bertz CT molecular complexity index is 1700. The first-order valence-corrected chi connectivity index (χ1v) is 8.79. The van der Waals surface area contributed by atoms with Gasteiger partial charge < -0.3 is 24.6 Å². The van der Waals surface area contributed by atoms with E-state index in [0.29, 0.717) is 0 Å². The molecule has 8 nitrogen and oxygen atoms in total. The van der Waals surface area contributed by atoms with Crippen LogP contribution in [-0.2, 0) is 4.74 Å². The number of fused-ring (bicyclic) bond motifs is 1. The highest BCUT2D eigenvalue weighted by atomic mass is 35.5. The normalized spacial score (nSPS) is 30.9. The van der Waals surface area contributed by atoms with E-state index in [1.807, 2.05) is 0 Å². The summed E-state index contributed by atoms with van der Waals surface area (Å²) in [5.41, 5.74) is 0.249. The Morgan fingerprint density at radius 2 is 2.16 bits per heavy atom. The number of anilines is 2. The van der Waals surface area contributed by atoms with E-state index < -0.39 is 69.0 Å². The molecule has 2 aromatic carbocycles. The van der Waals surface area contributed by atoms with Crippen molar-refractivity contribution in [2.45, 2.75) is 6.37 Å². The van der Waals surface area contributed by atoms with Crippen LogP contribution in [0.4, 0.5) is 11.5 Å². The molecule has 0 amide bonds. The number of aromatic nitrogens is 2.